The molecule has 0 unspecified atom stereocenters. The number of halogens is 1. The second-order valence-electron chi connectivity index (χ2n) is 3.21. The van der Waals surface area contributed by atoms with Crippen LogP contribution in [-0.2, 0) is 6.42 Å². The van der Waals surface area contributed by atoms with Crippen molar-refractivity contribution in [3.05, 3.63) is 23.8 Å². The van der Waals surface area contributed by atoms with E-state index in [4.69, 9.17) is 21.1 Å². The van der Waals surface area contributed by atoms with Crippen molar-refractivity contribution in [2.45, 2.75) is 19.8 Å². The van der Waals surface area contributed by atoms with E-state index in [-0.39, 0.29) is 0 Å². The number of methoxy groups -OCH3 is 1. The highest BCUT2D eigenvalue weighted by Crippen LogP contribution is 2.28. The predicted octanol–water partition coefficient (Wildman–Crippen LogP) is 3.27. The maximum absolute atomic E-state index is 5.65. The molecule has 0 saturated heterocycles. The van der Waals surface area contributed by atoms with Crippen LogP contribution in [0, 0.1) is 0 Å². The van der Waals surface area contributed by atoms with E-state index in [0.717, 1.165) is 24.3 Å². The molecule has 0 saturated carbocycles. The van der Waals surface area contributed by atoms with E-state index < -0.39 is 0 Å². The topological polar surface area (TPSA) is 18.5 Å². The van der Waals surface area contributed by atoms with Crippen molar-refractivity contribution >= 4 is 11.6 Å². The summed E-state index contributed by atoms with van der Waals surface area (Å²) in [5, 5.41) is 0. The van der Waals surface area contributed by atoms with Gasteiger partial charge in [-0.3, -0.25) is 0 Å². The van der Waals surface area contributed by atoms with Crippen molar-refractivity contribution in [1.82, 2.24) is 0 Å². The minimum Gasteiger partial charge on any atom is -0.493 e. The van der Waals surface area contributed by atoms with Crippen LogP contribution < -0.4 is 9.47 Å². The molecule has 0 fully saturated rings. The molecule has 1 aromatic rings. The SMILES string of the molecule is CCOc1cc(CCCCl)ccc1OC. The normalized spacial score (nSPS) is 10.1. The zero-order valence-electron chi connectivity index (χ0n) is 9.25. The van der Waals surface area contributed by atoms with E-state index in [1.54, 1.807) is 7.11 Å². The number of ether oxygens (including phenoxy) is 2. The quantitative estimate of drug-likeness (QED) is 0.696. The third kappa shape index (κ3) is 3.63. The number of hydrogen-bond acceptors (Lipinski definition) is 2. The van der Waals surface area contributed by atoms with E-state index in [1.165, 1.54) is 5.56 Å². The molecule has 84 valence electrons. The molecule has 15 heavy (non-hydrogen) atoms. The predicted molar refractivity (Wildman–Crippen MR) is 63.2 cm³/mol. The third-order valence-electron chi connectivity index (χ3n) is 2.13. The van der Waals surface area contributed by atoms with Crippen LogP contribution in [-0.4, -0.2) is 19.6 Å². The van der Waals surface area contributed by atoms with Gasteiger partial charge in [0.25, 0.3) is 0 Å². The third-order valence-corrected chi connectivity index (χ3v) is 2.39. The first kappa shape index (κ1) is 12.2. The van der Waals surface area contributed by atoms with Crippen molar-refractivity contribution in [2.24, 2.45) is 0 Å². The zero-order valence-corrected chi connectivity index (χ0v) is 10.0. The van der Waals surface area contributed by atoms with Crippen molar-refractivity contribution in [3.63, 3.8) is 0 Å². The van der Waals surface area contributed by atoms with E-state index in [1.807, 2.05) is 25.1 Å². The maximum atomic E-state index is 5.65. The summed E-state index contributed by atoms with van der Waals surface area (Å²) in [5.41, 5.74) is 1.24. The Morgan fingerprint density at radius 2 is 2.07 bits per heavy atom. The number of alkyl halides is 1. The van der Waals surface area contributed by atoms with E-state index >= 15 is 0 Å². The molecule has 2 nitrogen and oxygen atoms in total. The van der Waals surface area contributed by atoms with Gasteiger partial charge in [-0.15, -0.1) is 11.6 Å². The lowest BCUT2D eigenvalue weighted by Crippen LogP contribution is -1.97. The summed E-state index contributed by atoms with van der Waals surface area (Å²) in [5.74, 6) is 2.29. The fourth-order valence-electron chi connectivity index (χ4n) is 1.42. The molecule has 0 atom stereocenters. The molecular weight excluding hydrogens is 212 g/mol. The minimum absolute atomic E-state index is 0.648. The lowest BCUT2D eigenvalue weighted by atomic mass is 10.1. The van der Waals surface area contributed by atoms with E-state index in [0.29, 0.717) is 12.5 Å². The summed E-state index contributed by atoms with van der Waals surface area (Å²) in [7, 11) is 1.65. The van der Waals surface area contributed by atoms with Crippen LogP contribution >= 0.6 is 11.6 Å². The molecule has 0 spiro atoms. The lowest BCUT2D eigenvalue weighted by molar-refractivity contribution is 0.310. The Balaban J connectivity index is 2.79. The fourth-order valence-corrected chi connectivity index (χ4v) is 1.55. The Bertz CT molecular complexity index is 300. The van der Waals surface area contributed by atoms with Crippen molar-refractivity contribution in [1.29, 1.82) is 0 Å². The van der Waals surface area contributed by atoms with Crippen molar-refractivity contribution < 1.29 is 9.47 Å². The maximum Gasteiger partial charge on any atom is 0.161 e. The molecule has 1 rings (SSSR count). The molecule has 1 aromatic carbocycles. The molecule has 0 bridgehead atoms. The molecule has 0 amide bonds. The Morgan fingerprint density at radius 1 is 1.27 bits per heavy atom. The highest BCUT2D eigenvalue weighted by atomic mass is 35.5. The highest BCUT2D eigenvalue weighted by Gasteiger charge is 2.04. The van der Waals surface area contributed by atoms with Crippen LogP contribution in [0.5, 0.6) is 11.5 Å². The smallest absolute Gasteiger partial charge is 0.161 e. The second kappa shape index (κ2) is 6.57. The van der Waals surface area contributed by atoms with Crippen LogP contribution in [0.4, 0.5) is 0 Å². The molecule has 0 N–H and O–H groups in total. The van der Waals surface area contributed by atoms with Gasteiger partial charge in [-0.2, -0.15) is 0 Å². The molecule has 0 heterocycles. The van der Waals surface area contributed by atoms with Crippen LogP contribution in [0.1, 0.15) is 18.9 Å². The lowest BCUT2D eigenvalue weighted by Gasteiger charge is -2.10. The summed E-state index contributed by atoms with van der Waals surface area (Å²) in [6.07, 6.45) is 1.97. The van der Waals surface area contributed by atoms with Crippen LogP contribution in [0.3, 0.4) is 0 Å². The van der Waals surface area contributed by atoms with Crippen LogP contribution in [0.15, 0.2) is 18.2 Å². The fraction of sp³-hybridized carbons (Fsp3) is 0.500. The average molecular weight is 229 g/mol. The first-order valence-corrected chi connectivity index (χ1v) is 5.71. The van der Waals surface area contributed by atoms with Gasteiger partial charge < -0.3 is 9.47 Å². The monoisotopic (exact) mass is 228 g/mol. The van der Waals surface area contributed by atoms with Gasteiger partial charge in [0, 0.05) is 5.88 Å². The van der Waals surface area contributed by atoms with Crippen LogP contribution in [0.2, 0.25) is 0 Å². The van der Waals surface area contributed by atoms with Crippen molar-refractivity contribution in [3.8, 4) is 11.5 Å². The summed E-state index contributed by atoms with van der Waals surface area (Å²) in [4.78, 5) is 0. The summed E-state index contributed by atoms with van der Waals surface area (Å²) in [6.45, 7) is 2.61. The van der Waals surface area contributed by atoms with Gasteiger partial charge in [0.2, 0.25) is 0 Å². The number of aryl methyl sites for hydroxylation is 1. The Kier molecular flexibility index (Phi) is 5.33. The molecular formula is C12H17ClO2. The number of benzene rings is 1. The first-order valence-electron chi connectivity index (χ1n) is 5.17. The minimum atomic E-state index is 0.648. The number of rotatable bonds is 6. The first-order chi connectivity index (χ1) is 7.31. The molecule has 3 heteroatoms. The van der Waals surface area contributed by atoms with Gasteiger partial charge >= 0.3 is 0 Å². The Morgan fingerprint density at radius 3 is 2.67 bits per heavy atom. The second-order valence-corrected chi connectivity index (χ2v) is 3.59. The molecule has 0 aliphatic rings. The van der Waals surface area contributed by atoms with Gasteiger partial charge in [0.1, 0.15) is 0 Å². The Labute approximate surface area is 96.2 Å². The highest BCUT2D eigenvalue weighted by molar-refractivity contribution is 6.17. The van der Waals surface area contributed by atoms with Gasteiger partial charge in [-0.05, 0) is 37.5 Å². The van der Waals surface area contributed by atoms with Gasteiger partial charge in [0.15, 0.2) is 11.5 Å². The zero-order chi connectivity index (χ0) is 11.1. The van der Waals surface area contributed by atoms with Gasteiger partial charge in [0.05, 0.1) is 13.7 Å². The number of hydrogen-bond donors (Lipinski definition) is 0. The summed E-state index contributed by atoms with van der Waals surface area (Å²) >= 11 is 5.65. The summed E-state index contributed by atoms with van der Waals surface area (Å²) in [6, 6.07) is 6.01. The van der Waals surface area contributed by atoms with E-state index in [2.05, 4.69) is 0 Å². The average Bonchev–Trinajstić information content (AvgIpc) is 2.27. The largest absolute Gasteiger partial charge is 0.493 e. The summed E-state index contributed by atoms with van der Waals surface area (Å²) < 4.78 is 10.7. The molecule has 0 aliphatic carbocycles. The van der Waals surface area contributed by atoms with Crippen molar-refractivity contribution in [2.75, 3.05) is 19.6 Å². The molecule has 0 aromatic heterocycles. The van der Waals surface area contributed by atoms with E-state index in [9.17, 15) is 0 Å². The Hall–Kier alpha value is -0.890. The molecule has 0 aliphatic heterocycles. The van der Waals surface area contributed by atoms with Gasteiger partial charge in [-0.1, -0.05) is 6.07 Å². The van der Waals surface area contributed by atoms with Gasteiger partial charge in [-0.25, -0.2) is 0 Å². The van der Waals surface area contributed by atoms with Crippen LogP contribution in [0.25, 0.3) is 0 Å². The standard InChI is InChI=1S/C12H17ClO2/c1-3-15-12-9-10(5-4-8-13)6-7-11(12)14-2/h6-7,9H,3-5,8H2,1-2H3. The molecule has 0 radical (unpaired) electrons.